The summed E-state index contributed by atoms with van der Waals surface area (Å²) >= 11 is 0. The molecule has 5 heteroatoms. The minimum absolute atomic E-state index is 0.275. The van der Waals surface area contributed by atoms with Crippen molar-refractivity contribution in [3.63, 3.8) is 0 Å². The molecule has 2 aliphatic rings. The number of rotatable bonds is 7. The third-order valence-electron chi connectivity index (χ3n) is 6.02. The summed E-state index contributed by atoms with van der Waals surface area (Å²) in [5.74, 6) is 0.866. The SMILES string of the molecule is CN=C(NCc1cccc(CN2CCOCC2)c1)NCC1(c2ccccc2)CC1. The van der Waals surface area contributed by atoms with Crippen LogP contribution in [0.1, 0.15) is 29.5 Å². The molecule has 5 nitrogen and oxygen atoms in total. The Hall–Kier alpha value is -2.37. The first-order valence-corrected chi connectivity index (χ1v) is 10.7. The van der Waals surface area contributed by atoms with Gasteiger partial charge < -0.3 is 15.4 Å². The second-order valence-corrected chi connectivity index (χ2v) is 8.13. The molecule has 0 amide bonds. The molecule has 1 saturated carbocycles. The molecule has 1 heterocycles. The van der Waals surface area contributed by atoms with Crippen LogP contribution >= 0.6 is 0 Å². The van der Waals surface area contributed by atoms with Crippen LogP contribution in [0.4, 0.5) is 0 Å². The van der Waals surface area contributed by atoms with Gasteiger partial charge in [-0.05, 0) is 29.5 Å². The standard InChI is InChI=1S/C24H32N4O/c1-25-23(27-19-24(10-11-24)22-8-3-2-4-9-22)26-17-20-6-5-7-21(16-20)18-28-12-14-29-15-13-28/h2-9,16H,10-15,17-19H2,1H3,(H2,25,26,27). The third kappa shape index (κ3) is 5.37. The van der Waals surface area contributed by atoms with Gasteiger partial charge in [-0.2, -0.15) is 0 Å². The maximum absolute atomic E-state index is 5.45. The Kier molecular flexibility index (Phi) is 6.47. The number of nitrogens with zero attached hydrogens (tertiary/aromatic N) is 2. The van der Waals surface area contributed by atoms with Crippen molar-refractivity contribution in [2.75, 3.05) is 39.9 Å². The lowest BCUT2D eigenvalue weighted by molar-refractivity contribution is 0.0342. The van der Waals surface area contributed by atoms with Crippen molar-refractivity contribution in [2.24, 2.45) is 4.99 Å². The van der Waals surface area contributed by atoms with Gasteiger partial charge in [-0.3, -0.25) is 9.89 Å². The van der Waals surface area contributed by atoms with Crippen LogP contribution in [0.15, 0.2) is 59.6 Å². The lowest BCUT2D eigenvalue weighted by Gasteiger charge is -2.26. The summed E-state index contributed by atoms with van der Waals surface area (Å²) in [5.41, 5.74) is 4.34. The van der Waals surface area contributed by atoms with Gasteiger partial charge in [-0.1, -0.05) is 54.6 Å². The van der Waals surface area contributed by atoms with E-state index in [0.717, 1.165) is 51.9 Å². The first kappa shape index (κ1) is 19.9. The molecule has 154 valence electrons. The molecule has 1 aliphatic heterocycles. The summed E-state index contributed by atoms with van der Waals surface area (Å²) in [6.07, 6.45) is 2.48. The van der Waals surface area contributed by atoms with Crippen LogP contribution in [0.5, 0.6) is 0 Å². The number of morpholine rings is 1. The van der Waals surface area contributed by atoms with Gasteiger partial charge in [-0.15, -0.1) is 0 Å². The number of benzene rings is 2. The molecule has 2 aromatic rings. The Labute approximate surface area is 174 Å². The van der Waals surface area contributed by atoms with Crippen molar-refractivity contribution in [1.82, 2.24) is 15.5 Å². The molecule has 1 aliphatic carbocycles. The summed E-state index contributed by atoms with van der Waals surface area (Å²) in [6.45, 7) is 6.40. The van der Waals surface area contributed by atoms with Crippen LogP contribution < -0.4 is 10.6 Å². The maximum atomic E-state index is 5.45. The lowest BCUT2D eigenvalue weighted by atomic mass is 9.96. The van der Waals surface area contributed by atoms with Crippen LogP contribution in [-0.2, 0) is 23.2 Å². The number of nitrogens with one attached hydrogen (secondary N) is 2. The number of aliphatic imine (C=N–C) groups is 1. The molecule has 2 fully saturated rings. The molecule has 2 N–H and O–H groups in total. The molecular formula is C24H32N4O. The number of guanidine groups is 1. The average molecular weight is 393 g/mol. The van der Waals surface area contributed by atoms with E-state index in [9.17, 15) is 0 Å². The molecule has 0 aromatic heterocycles. The van der Waals surface area contributed by atoms with Gasteiger partial charge in [-0.25, -0.2) is 0 Å². The first-order valence-electron chi connectivity index (χ1n) is 10.7. The molecular weight excluding hydrogens is 360 g/mol. The molecule has 0 radical (unpaired) electrons. The van der Waals surface area contributed by atoms with Crippen LogP contribution in [-0.4, -0.2) is 50.8 Å². The number of ether oxygens (including phenoxy) is 1. The molecule has 0 bridgehead atoms. The van der Waals surface area contributed by atoms with Crippen molar-refractivity contribution in [2.45, 2.75) is 31.3 Å². The first-order chi connectivity index (χ1) is 14.3. The summed E-state index contributed by atoms with van der Waals surface area (Å²) < 4.78 is 5.45. The van der Waals surface area contributed by atoms with Crippen molar-refractivity contribution in [3.8, 4) is 0 Å². The second-order valence-electron chi connectivity index (χ2n) is 8.13. The fourth-order valence-electron chi connectivity index (χ4n) is 4.02. The normalized spacial score (nSPS) is 19.0. The highest BCUT2D eigenvalue weighted by molar-refractivity contribution is 5.79. The molecule has 4 rings (SSSR count). The summed E-state index contributed by atoms with van der Waals surface area (Å²) in [7, 11) is 1.84. The zero-order valence-corrected chi connectivity index (χ0v) is 17.4. The van der Waals surface area contributed by atoms with E-state index in [-0.39, 0.29) is 5.41 Å². The van der Waals surface area contributed by atoms with E-state index in [4.69, 9.17) is 4.74 Å². The van der Waals surface area contributed by atoms with Gasteiger partial charge in [0.05, 0.1) is 13.2 Å². The fourth-order valence-corrected chi connectivity index (χ4v) is 4.02. The van der Waals surface area contributed by atoms with Crippen molar-refractivity contribution in [1.29, 1.82) is 0 Å². The van der Waals surface area contributed by atoms with Gasteiger partial charge in [0.25, 0.3) is 0 Å². The Balaban J connectivity index is 1.28. The molecule has 1 saturated heterocycles. The highest BCUT2D eigenvalue weighted by Crippen LogP contribution is 2.47. The maximum Gasteiger partial charge on any atom is 0.191 e. The Morgan fingerprint density at radius 2 is 1.76 bits per heavy atom. The highest BCUT2D eigenvalue weighted by atomic mass is 16.5. The molecule has 0 unspecified atom stereocenters. The van der Waals surface area contributed by atoms with E-state index < -0.39 is 0 Å². The predicted molar refractivity (Wildman–Crippen MR) is 118 cm³/mol. The summed E-state index contributed by atoms with van der Waals surface area (Å²) in [4.78, 5) is 6.87. The Morgan fingerprint density at radius 1 is 1.00 bits per heavy atom. The monoisotopic (exact) mass is 392 g/mol. The van der Waals surface area contributed by atoms with Crippen LogP contribution in [0.2, 0.25) is 0 Å². The van der Waals surface area contributed by atoms with Crippen molar-refractivity contribution in [3.05, 3.63) is 71.3 Å². The number of hydrogen-bond acceptors (Lipinski definition) is 3. The van der Waals surface area contributed by atoms with Crippen LogP contribution in [0.25, 0.3) is 0 Å². The summed E-state index contributed by atoms with van der Waals surface area (Å²) in [5, 5.41) is 7.01. The van der Waals surface area contributed by atoms with Gasteiger partial charge in [0.15, 0.2) is 5.96 Å². The average Bonchev–Trinajstić information content (AvgIpc) is 3.57. The van der Waals surface area contributed by atoms with Crippen molar-refractivity contribution >= 4 is 5.96 Å². The lowest BCUT2D eigenvalue weighted by Crippen LogP contribution is -2.40. The van der Waals surface area contributed by atoms with E-state index >= 15 is 0 Å². The van der Waals surface area contributed by atoms with Crippen LogP contribution in [0, 0.1) is 0 Å². The highest BCUT2D eigenvalue weighted by Gasteiger charge is 2.43. The van der Waals surface area contributed by atoms with E-state index in [1.54, 1.807) is 0 Å². The van der Waals surface area contributed by atoms with E-state index in [1.165, 1.54) is 29.5 Å². The topological polar surface area (TPSA) is 48.9 Å². The fraction of sp³-hybridized carbons (Fsp3) is 0.458. The zero-order chi connectivity index (χ0) is 19.9. The predicted octanol–water partition coefficient (Wildman–Crippen LogP) is 2.92. The van der Waals surface area contributed by atoms with E-state index in [2.05, 4.69) is 75.1 Å². The van der Waals surface area contributed by atoms with Crippen molar-refractivity contribution < 1.29 is 4.74 Å². The van der Waals surface area contributed by atoms with Gasteiger partial charge >= 0.3 is 0 Å². The van der Waals surface area contributed by atoms with Crippen LogP contribution in [0.3, 0.4) is 0 Å². The van der Waals surface area contributed by atoms with Gasteiger partial charge in [0.1, 0.15) is 0 Å². The minimum Gasteiger partial charge on any atom is -0.379 e. The summed E-state index contributed by atoms with van der Waals surface area (Å²) in [6, 6.07) is 19.7. The minimum atomic E-state index is 0.275. The molecule has 2 aromatic carbocycles. The Bertz CT molecular complexity index is 811. The number of hydrogen-bond donors (Lipinski definition) is 2. The second kappa shape index (κ2) is 9.42. The third-order valence-corrected chi connectivity index (χ3v) is 6.02. The largest absolute Gasteiger partial charge is 0.379 e. The Morgan fingerprint density at radius 3 is 2.48 bits per heavy atom. The molecule has 29 heavy (non-hydrogen) atoms. The molecule has 0 atom stereocenters. The zero-order valence-electron chi connectivity index (χ0n) is 17.4. The smallest absolute Gasteiger partial charge is 0.191 e. The van der Waals surface area contributed by atoms with E-state index in [1.807, 2.05) is 7.05 Å². The van der Waals surface area contributed by atoms with E-state index in [0.29, 0.717) is 0 Å². The molecule has 0 spiro atoms. The van der Waals surface area contributed by atoms with Gasteiger partial charge in [0.2, 0.25) is 0 Å². The van der Waals surface area contributed by atoms with Gasteiger partial charge in [0, 0.05) is 45.2 Å². The quantitative estimate of drug-likeness (QED) is 0.562.